The Bertz CT molecular complexity index is 453. The molecule has 0 spiro atoms. The van der Waals surface area contributed by atoms with Gasteiger partial charge in [-0.1, -0.05) is 0 Å². The fourth-order valence-electron chi connectivity index (χ4n) is 1.63. The number of benzene rings is 1. The van der Waals surface area contributed by atoms with Gasteiger partial charge in [-0.25, -0.2) is 0 Å². The molecule has 0 aliphatic rings. The fourth-order valence-corrected chi connectivity index (χ4v) is 1.63. The largest absolute Gasteiger partial charge is 0.491 e. The van der Waals surface area contributed by atoms with Gasteiger partial charge in [-0.15, -0.1) is 0 Å². The van der Waals surface area contributed by atoms with Crippen molar-refractivity contribution in [1.29, 1.82) is 0 Å². The quantitative estimate of drug-likeness (QED) is 0.402. The van der Waals surface area contributed by atoms with Crippen LogP contribution in [0, 0.1) is 10.1 Å². The molecule has 1 unspecified atom stereocenters. The van der Waals surface area contributed by atoms with Crippen molar-refractivity contribution in [3.8, 4) is 5.75 Å². The number of methoxy groups -OCH3 is 2. The van der Waals surface area contributed by atoms with Crippen LogP contribution in [0.1, 0.15) is 12.5 Å². The van der Waals surface area contributed by atoms with E-state index in [2.05, 4.69) is 5.32 Å². The van der Waals surface area contributed by atoms with Crippen molar-refractivity contribution in [2.45, 2.75) is 19.6 Å². The number of nitro groups is 1. The van der Waals surface area contributed by atoms with Crippen molar-refractivity contribution < 1.29 is 19.1 Å². The highest BCUT2D eigenvalue weighted by atomic mass is 16.6. The predicted octanol–water partition coefficient (Wildman–Crippen LogP) is 1.74. The minimum Gasteiger partial charge on any atom is -0.491 e. The van der Waals surface area contributed by atoms with Gasteiger partial charge in [0, 0.05) is 45.0 Å². The number of hydrogen-bond donors (Lipinski definition) is 1. The molecule has 0 saturated heterocycles. The summed E-state index contributed by atoms with van der Waals surface area (Å²) in [5, 5.41) is 14.0. The summed E-state index contributed by atoms with van der Waals surface area (Å²) in [4.78, 5) is 10.4. The first-order chi connectivity index (χ1) is 10.1. The first kappa shape index (κ1) is 17.4. The van der Waals surface area contributed by atoms with Gasteiger partial charge in [-0.2, -0.15) is 0 Å². The van der Waals surface area contributed by atoms with Crippen LogP contribution in [0.2, 0.25) is 0 Å². The Labute approximate surface area is 124 Å². The van der Waals surface area contributed by atoms with Gasteiger partial charge < -0.3 is 19.5 Å². The summed E-state index contributed by atoms with van der Waals surface area (Å²) in [5.74, 6) is 0.620. The van der Waals surface area contributed by atoms with E-state index in [1.807, 2.05) is 6.92 Å². The van der Waals surface area contributed by atoms with Crippen molar-refractivity contribution in [3.63, 3.8) is 0 Å². The van der Waals surface area contributed by atoms with E-state index in [4.69, 9.17) is 14.2 Å². The predicted molar refractivity (Wildman–Crippen MR) is 78.6 cm³/mol. The van der Waals surface area contributed by atoms with Gasteiger partial charge >= 0.3 is 0 Å². The van der Waals surface area contributed by atoms with Crippen LogP contribution in [0.5, 0.6) is 5.75 Å². The summed E-state index contributed by atoms with van der Waals surface area (Å²) in [7, 11) is 3.23. The van der Waals surface area contributed by atoms with E-state index in [0.29, 0.717) is 32.1 Å². The Morgan fingerprint density at radius 3 is 2.76 bits per heavy atom. The van der Waals surface area contributed by atoms with E-state index in [0.717, 1.165) is 5.56 Å². The number of hydrogen-bond acceptors (Lipinski definition) is 6. The lowest BCUT2D eigenvalue weighted by Gasteiger charge is -2.15. The highest BCUT2D eigenvalue weighted by Gasteiger charge is 2.12. The van der Waals surface area contributed by atoms with Gasteiger partial charge in [0.25, 0.3) is 5.69 Å². The zero-order chi connectivity index (χ0) is 15.7. The number of nitrogens with zero attached hydrogens (tertiary/aromatic N) is 1. The van der Waals surface area contributed by atoms with Crippen molar-refractivity contribution in [2.24, 2.45) is 0 Å². The number of nitrogens with one attached hydrogen (secondary N) is 1. The number of non-ortho nitro benzene ring substituents is 1. The fraction of sp³-hybridized carbons (Fsp3) is 0.571. The lowest BCUT2D eigenvalue weighted by atomic mass is 10.1. The molecule has 21 heavy (non-hydrogen) atoms. The van der Waals surface area contributed by atoms with Crippen LogP contribution in [0.4, 0.5) is 5.69 Å². The van der Waals surface area contributed by atoms with Gasteiger partial charge in [-0.3, -0.25) is 10.1 Å². The Morgan fingerprint density at radius 2 is 2.14 bits per heavy atom. The average Bonchev–Trinajstić information content (AvgIpc) is 2.49. The smallest absolute Gasteiger partial charge is 0.270 e. The second kappa shape index (κ2) is 9.28. The summed E-state index contributed by atoms with van der Waals surface area (Å²) in [5.41, 5.74) is 0.786. The van der Waals surface area contributed by atoms with Gasteiger partial charge in [0.1, 0.15) is 12.4 Å². The maximum atomic E-state index is 10.9. The third-order valence-electron chi connectivity index (χ3n) is 2.93. The molecule has 1 aromatic carbocycles. The molecule has 7 heteroatoms. The molecule has 1 N–H and O–H groups in total. The summed E-state index contributed by atoms with van der Waals surface area (Å²) in [6.45, 7) is 3.99. The van der Waals surface area contributed by atoms with Crippen LogP contribution >= 0.6 is 0 Å². The van der Waals surface area contributed by atoms with Gasteiger partial charge in [0.2, 0.25) is 0 Å². The van der Waals surface area contributed by atoms with Crippen LogP contribution in [-0.2, 0) is 16.0 Å². The molecule has 0 amide bonds. The van der Waals surface area contributed by atoms with E-state index >= 15 is 0 Å². The molecule has 1 atom stereocenters. The maximum absolute atomic E-state index is 10.9. The first-order valence-corrected chi connectivity index (χ1v) is 6.71. The molecule has 0 aliphatic heterocycles. The molecule has 1 aromatic rings. The lowest BCUT2D eigenvalue weighted by Crippen LogP contribution is -2.20. The Kier molecular flexibility index (Phi) is 7.66. The Hall–Kier alpha value is -1.70. The molecule has 0 fully saturated rings. The first-order valence-electron chi connectivity index (χ1n) is 6.71. The highest BCUT2D eigenvalue weighted by molar-refractivity contribution is 5.43. The van der Waals surface area contributed by atoms with Crippen LogP contribution in [-0.4, -0.2) is 45.0 Å². The highest BCUT2D eigenvalue weighted by Crippen LogP contribution is 2.24. The van der Waals surface area contributed by atoms with Gasteiger partial charge in [-0.05, 0) is 13.0 Å². The second-order valence-electron chi connectivity index (χ2n) is 4.58. The second-order valence-corrected chi connectivity index (χ2v) is 4.58. The van der Waals surface area contributed by atoms with E-state index in [1.165, 1.54) is 12.1 Å². The number of ether oxygens (including phenoxy) is 3. The number of rotatable bonds is 10. The average molecular weight is 298 g/mol. The van der Waals surface area contributed by atoms with E-state index < -0.39 is 4.92 Å². The molecule has 0 saturated carbocycles. The zero-order valence-corrected chi connectivity index (χ0v) is 12.6. The summed E-state index contributed by atoms with van der Waals surface area (Å²) in [6.07, 6.45) is -0.0468. The van der Waals surface area contributed by atoms with Crippen molar-refractivity contribution >= 4 is 5.69 Å². The monoisotopic (exact) mass is 298 g/mol. The third kappa shape index (κ3) is 6.07. The maximum Gasteiger partial charge on any atom is 0.270 e. The molecule has 118 valence electrons. The normalized spacial score (nSPS) is 12.1. The Balaban J connectivity index is 2.76. The van der Waals surface area contributed by atoms with E-state index in [-0.39, 0.29) is 11.8 Å². The Morgan fingerprint density at radius 1 is 1.38 bits per heavy atom. The number of nitro benzene ring substituents is 1. The summed E-state index contributed by atoms with van der Waals surface area (Å²) < 4.78 is 15.7. The SMILES string of the molecule is COCCNCc1cc([N+](=O)[O-])ccc1OCC(C)OC. The molecular formula is C14H22N2O5. The van der Waals surface area contributed by atoms with Gasteiger partial charge in [0.15, 0.2) is 0 Å². The van der Waals surface area contributed by atoms with E-state index in [9.17, 15) is 10.1 Å². The van der Waals surface area contributed by atoms with Crippen LogP contribution in [0.3, 0.4) is 0 Å². The molecule has 7 nitrogen and oxygen atoms in total. The summed E-state index contributed by atoms with van der Waals surface area (Å²) >= 11 is 0. The molecule has 1 rings (SSSR count). The van der Waals surface area contributed by atoms with Crippen LogP contribution in [0.15, 0.2) is 18.2 Å². The minimum absolute atomic E-state index is 0.0468. The lowest BCUT2D eigenvalue weighted by molar-refractivity contribution is -0.384. The van der Waals surface area contributed by atoms with E-state index in [1.54, 1.807) is 20.3 Å². The topological polar surface area (TPSA) is 82.9 Å². The van der Waals surface area contributed by atoms with Crippen molar-refractivity contribution in [1.82, 2.24) is 5.32 Å². The molecule has 0 heterocycles. The van der Waals surface area contributed by atoms with Crippen LogP contribution < -0.4 is 10.1 Å². The summed E-state index contributed by atoms with van der Waals surface area (Å²) in [6, 6.07) is 4.58. The molecule has 0 bridgehead atoms. The molecular weight excluding hydrogens is 276 g/mol. The van der Waals surface area contributed by atoms with Crippen LogP contribution in [0.25, 0.3) is 0 Å². The molecule has 0 aliphatic carbocycles. The standard InChI is InChI=1S/C14H22N2O5/c1-11(20-3)10-21-14-5-4-13(16(17)18)8-12(14)9-15-6-7-19-2/h4-5,8,11,15H,6-7,9-10H2,1-3H3. The minimum atomic E-state index is -0.416. The third-order valence-corrected chi connectivity index (χ3v) is 2.93. The molecule has 0 aromatic heterocycles. The van der Waals surface area contributed by atoms with Gasteiger partial charge in [0.05, 0.1) is 17.6 Å². The zero-order valence-electron chi connectivity index (χ0n) is 12.6. The van der Waals surface area contributed by atoms with Crippen molar-refractivity contribution in [3.05, 3.63) is 33.9 Å². The molecule has 0 radical (unpaired) electrons. The van der Waals surface area contributed by atoms with Crippen molar-refractivity contribution in [2.75, 3.05) is 34.0 Å².